The Morgan fingerprint density at radius 3 is 3.06 bits per heavy atom. The van der Waals surface area contributed by atoms with Crippen molar-refractivity contribution < 1.29 is 14.6 Å². The minimum absolute atomic E-state index is 0.137. The van der Waals surface area contributed by atoms with Gasteiger partial charge in [0.05, 0.1) is 23.5 Å². The van der Waals surface area contributed by atoms with Gasteiger partial charge in [-0.2, -0.15) is 0 Å². The summed E-state index contributed by atoms with van der Waals surface area (Å²) in [6.07, 6.45) is 1.03. The first-order valence-corrected chi connectivity index (χ1v) is 5.62. The number of nitrogens with one attached hydrogen (secondary N) is 1. The number of benzene rings is 1. The normalized spacial score (nSPS) is 19.2. The molecule has 17 heavy (non-hydrogen) atoms. The van der Waals surface area contributed by atoms with E-state index in [4.69, 9.17) is 15.6 Å². The van der Waals surface area contributed by atoms with Gasteiger partial charge >= 0.3 is 5.97 Å². The molecule has 1 heterocycles. The summed E-state index contributed by atoms with van der Waals surface area (Å²) in [5.74, 6) is -0.529. The molecule has 1 fully saturated rings. The van der Waals surface area contributed by atoms with Crippen LogP contribution in [0.4, 0.5) is 11.4 Å². The van der Waals surface area contributed by atoms with Crippen LogP contribution in [-0.4, -0.2) is 30.8 Å². The third-order valence-electron chi connectivity index (χ3n) is 2.94. The molecule has 1 aliphatic rings. The van der Waals surface area contributed by atoms with Gasteiger partial charge in [0.1, 0.15) is 0 Å². The van der Waals surface area contributed by atoms with Crippen LogP contribution in [0.1, 0.15) is 16.8 Å². The average Bonchev–Trinajstić information content (AvgIpc) is 2.80. The Bertz CT molecular complexity index is 414. The van der Waals surface area contributed by atoms with Crippen molar-refractivity contribution >= 4 is 17.3 Å². The van der Waals surface area contributed by atoms with Crippen LogP contribution in [0.2, 0.25) is 0 Å². The van der Waals surface area contributed by atoms with E-state index in [0.717, 1.165) is 26.2 Å². The molecule has 0 spiro atoms. The molecule has 5 nitrogen and oxygen atoms in total. The van der Waals surface area contributed by atoms with Crippen LogP contribution < -0.4 is 11.1 Å². The predicted octanol–water partition coefficient (Wildman–Crippen LogP) is 1.42. The van der Waals surface area contributed by atoms with Gasteiger partial charge in [0.25, 0.3) is 0 Å². The fraction of sp³-hybridized carbons (Fsp3) is 0.417. The largest absolute Gasteiger partial charge is 0.478 e. The monoisotopic (exact) mass is 236 g/mol. The van der Waals surface area contributed by atoms with E-state index < -0.39 is 5.97 Å². The zero-order valence-corrected chi connectivity index (χ0v) is 9.48. The Kier molecular flexibility index (Phi) is 3.49. The molecule has 1 aromatic rings. The second-order valence-electron chi connectivity index (χ2n) is 4.18. The molecule has 0 aliphatic carbocycles. The third kappa shape index (κ3) is 2.68. The lowest BCUT2D eigenvalue weighted by Crippen LogP contribution is -2.15. The van der Waals surface area contributed by atoms with E-state index in [9.17, 15) is 4.79 Å². The molecule has 1 aromatic carbocycles. The lowest BCUT2D eigenvalue weighted by atomic mass is 10.1. The number of carbonyl (C=O) groups is 1. The number of aromatic carboxylic acids is 1. The molecule has 92 valence electrons. The smallest absolute Gasteiger partial charge is 0.337 e. The number of ether oxygens (including phenoxy) is 1. The molecule has 0 saturated carbocycles. The number of hydrogen-bond donors (Lipinski definition) is 3. The highest BCUT2D eigenvalue weighted by atomic mass is 16.5. The van der Waals surface area contributed by atoms with Crippen molar-refractivity contribution in [2.24, 2.45) is 5.92 Å². The van der Waals surface area contributed by atoms with Gasteiger partial charge in [0.2, 0.25) is 0 Å². The minimum Gasteiger partial charge on any atom is -0.478 e. The summed E-state index contributed by atoms with van der Waals surface area (Å²) in [7, 11) is 0. The van der Waals surface area contributed by atoms with Crippen LogP contribution in [0.5, 0.6) is 0 Å². The molecule has 1 aliphatic heterocycles. The molecule has 5 heteroatoms. The van der Waals surface area contributed by atoms with E-state index in [0.29, 0.717) is 17.3 Å². The van der Waals surface area contributed by atoms with E-state index in [1.165, 1.54) is 6.07 Å². The van der Waals surface area contributed by atoms with E-state index in [1.807, 2.05) is 0 Å². The van der Waals surface area contributed by atoms with Gasteiger partial charge in [-0.1, -0.05) is 6.07 Å². The maximum atomic E-state index is 10.9. The lowest BCUT2D eigenvalue weighted by molar-refractivity contribution is 0.0698. The van der Waals surface area contributed by atoms with Gasteiger partial charge in [-0.05, 0) is 18.6 Å². The molecule has 0 amide bonds. The number of rotatable bonds is 4. The SMILES string of the molecule is Nc1c(NCC2CCOC2)cccc1C(=O)O. The molecule has 1 unspecified atom stereocenters. The van der Waals surface area contributed by atoms with Crippen molar-refractivity contribution in [1.82, 2.24) is 0 Å². The first-order chi connectivity index (χ1) is 8.18. The number of anilines is 2. The standard InChI is InChI=1S/C12H16N2O3/c13-11-9(12(15)16)2-1-3-10(11)14-6-8-4-5-17-7-8/h1-3,8,14H,4-7,13H2,(H,15,16). The highest BCUT2D eigenvalue weighted by Crippen LogP contribution is 2.23. The first-order valence-electron chi connectivity index (χ1n) is 5.62. The van der Waals surface area contributed by atoms with E-state index >= 15 is 0 Å². The zero-order valence-electron chi connectivity index (χ0n) is 9.48. The topological polar surface area (TPSA) is 84.6 Å². The van der Waals surface area contributed by atoms with Crippen LogP contribution in [0, 0.1) is 5.92 Å². The summed E-state index contributed by atoms with van der Waals surface area (Å²) in [5.41, 5.74) is 6.90. The summed E-state index contributed by atoms with van der Waals surface area (Å²) in [6, 6.07) is 4.98. The second-order valence-corrected chi connectivity index (χ2v) is 4.18. The zero-order chi connectivity index (χ0) is 12.3. The molecule has 0 bridgehead atoms. The molecule has 1 saturated heterocycles. The summed E-state index contributed by atoms with van der Waals surface area (Å²) < 4.78 is 5.27. The van der Waals surface area contributed by atoms with E-state index in [2.05, 4.69) is 5.32 Å². The van der Waals surface area contributed by atoms with Crippen LogP contribution in [0.3, 0.4) is 0 Å². The fourth-order valence-corrected chi connectivity index (χ4v) is 1.90. The number of hydrogen-bond acceptors (Lipinski definition) is 4. The third-order valence-corrected chi connectivity index (χ3v) is 2.94. The highest BCUT2D eigenvalue weighted by molar-refractivity contribution is 5.97. The van der Waals surface area contributed by atoms with Crippen molar-refractivity contribution in [3.8, 4) is 0 Å². The number of para-hydroxylation sites is 1. The maximum absolute atomic E-state index is 10.9. The molecule has 1 atom stereocenters. The van der Waals surface area contributed by atoms with Gasteiger partial charge in [0, 0.05) is 19.1 Å². The minimum atomic E-state index is -1.00. The Hall–Kier alpha value is -1.75. The number of carboxylic acid groups (broad SMARTS) is 1. The van der Waals surface area contributed by atoms with Crippen LogP contribution in [0.25, 0.3) is 0 Å². The van der Waals surface area contributed by atoms with Gasteiger partial charge in [-0.15, -0.1) is 0 Å². The van der Waals surface area contributed by atoms with Crippen molar-refractivity contribution in [2.75, 3.05) is 30.8 Å². The van der Waals surface area contributed by atoms with Gasteiger partial charge in [0.15, 0.2) is 0 Å². The van der Waals surface area contributed by atoms with Crippen LogP contribution in [-0.2, 0) is 4.74 Å². The molecule has 0 aromatic heterocycles. The Labute approximate surface area is 99.6 Å². The average molecular weight is 236 g/mol. The summed E-state index contributed by atoms with van der Waals surface area (Å²) in [5, 5.41) is 12.1. The Balaban J connectivity index is 2.04. The molecule has 2 rings (SSSR count). The quantitative estimate of drug-likeness (QED) is 0.688. The summed E-state index contributed by atoms with van der Waals surface area (Å²) in [4.78, 5) is 10.9. The van der Waals surface area contributed by atoms with Crippen LogP contribution >= 0.6 is 0 Å². The van der Waals surface area contributed by atoms with Gasteiger partial charge in [-0.3, -0.25) is 0 Å². The Morgan fingerprint density at radius 2 is 2.41 bits per heavy atom. The highest BCUT2D eigenvalue weighted by Gasteiger charge is 2.16. The van der Waals surface area contributed by atoms with E-state index in [-0.39, 0.29) is 5.56 Å². The second kappa shape index (κ2) is 5.05. The van der Waals surface area contributed by atoms with Crippen molar-refractivity contribution in [1.29, 1.82) is 0 Å². The number of carboxylic acids is 1. The van der Waals surface area contributed by atoms with Crippen molar-refractivity contribution in [3.63, 3.8) is 0 Å². The van der Waals surface area contributed by atoms with Crippen molar-refractivity contribution in [3.05, 3.63) is 23.8 Å². The van der Waals surface area contributed by atoms with Gasteiger partial charge < -0.3 is 20.9 Å². The summed E-state index contributed by atoms with van der Waals surface area (Å²) in [6.45, 7) is 2.32. The van der Waals surface area contributed by atoms with Gasteiger partial charge in [-0.25, -0.2) is 4.79 Å². The maximum Gasteiger partial charge on any atom is 0.337 e. The predicted molar refractivity (Wildman–Crippen MR) is 65.2 cm³/mol. The van der Waals surface area contributed by atoms with Crippen LogP contribution in [0.15, 0.2) is 18.2 Å². The number of nitrogen functional groups attached to an aromatic ring is 1. The molecular weight excluding hydrogens is 220 g/mol. The summed E-state index contributed by atoms with van der Waals surface area (Å²) >= 11 is 0. The van der Waals surface area contributed by atoms with Crippen molar-refractivity contribution in [2.45, 2.75) is 6.42 Å². The fourth-order valence-electron chi connectivity index (χ4n) is 1.90. The molecule has 0 radical (unpaired) electrons. The Morgan fingerprint density at radius 1 is 1.59 bits per heavy atom. The lowest BCUT2D eigenvalue weighted by Gasteiger charge is -2.13. The molecular formula is C12H16N2O3. The first kappa shape index (κ1) is 11.7. The number of nitrogens with two attached hydrogens (primary N) is 1. The molecule has 4 N–H and O–H groups in total. The van der Waals surface area contributed by atoms with E-state index in [1.54, 1.807) is 12.1 Å².